The Bertz CT molecular complexity index is 908. The Morgan fingerprint density at radius 3 is 2.45 bits per heavy atom. The molecular weight excluding hydrogens is 414 g/mol. The first kappa shape index (κ1) is 21.8. The van der Waals surface area contributed by atoms with Crippen LogP contribution in [0.15, 0.2) is 54.6 Å². The van der Waals surface area contributed by atoms with Gasteiger partial charge in [-0.1, -0.05) is 35.9 Å². The highest BCUT2D eigenvalue weighted by Crippen LogP contribution is 2.16. The van der Waals surface area contributed by atoms with E-state index in [2.05, 4.69) is 4.90 Å². The summed E-state index contributed by atoms with van der Waals surface area (Å²) in [5.41, 5.74) is 1.35. The standard InChI is InChI=1S/C24H28ClN3O3/c25-21-9-4-8-20(16-21)24(30)28-14-15-31-22(18-28)17-26-10-5-11-27(13-12-26)23(29)19-6-2-1-3-7-19/h1-4,6-9,16,22H,5,10-15,17-18H2. The van der Waals surface area contributed by atoms with Crippen molar-refractivity contribution in [2.24, 2.45) is 0 Å². The molecule has 0 aliphatic carbocycles. The quantitative estimate of drug-likeness (QED) is 0.731. The minimum atomic E-state index is -0.0340. The fraction of sp³-hybridized carbons (Fsp3) is 0.417. The highest BCUT2D eigenvalue weighted by Gasteiger charge is 2.28. The third-order valence-electron chi connectivity index (χ3n) is 5.86. The van der Waals surface area contributed by atoms with Crippen LogP contribution in [-0.2, 0) is 4.74 Å². The van der Waals surface area contributed by atoms with Gasteiger partial charge in [0.1, 0.15) is 0 Å². The summed E-state index contributed by atoms with van der Waals surface area (Å²) in [6, 6.07) is 16.5. The van der Waals surface area contributed by atoms with E-state index >= 15 is 0 Å². The van der Waals surface area contributed by atoms with Crippen molar-refractivity contribution in [1.29, 1.82) is 0 Å². The van der Waals surface area contributed by atoms with E-state index in [9.17, 15) is 9.59 Å². The van der Waals surface area contributed by atoms with Crippen molar-refractivity contribution in [2.75, 3.05) is 52.4 Å². The molecule has 0 bridgehead atoms. The maximum Gasteiger partial charge on any atom is 0.254 e. The molecule has 4 rings (SSSR count). The summed E-state index contributed by atoms with van der Waals surface area (Å²) < 4.78 is 5.96. The molecule has 0 aromatic heterocycles. The van der Waals surface area contributed by atoms with Crippen molar-refractivity contribution in [1.82, 2.24) is 14.7 Å². The molecule has 2 aliphatic rings. The molecular formula is C24H28ClN3O3. The van der Waals surface area contributed by atoms with E-state index in [0.717, 1.165) is 38.2 Å². The lowest BCUT2D eigenvalue weighted by Gasteiger charge is -2.35. The zero-order valence-electron chi connectivity index (χ0n) is 17.6. The Labute approximate surface area is 188 Å². The van der Waals surface area contributed by atoms with Gasteiger partial charge in [0.05, 0.1) is 12.7 Å². The highest BCUT2D eigenvalue weighted by molar-refractivity contribution is 6.30. The molecule has 0 radical (unpaired) electrons. The number of rotatable bonds is 4. The second kappa shape index (κ2) is 10.3. The van der Waals surface area contributed by atoms with Crippen LogP contribution in [0.2, 0.25) is 5.02 Å². The molecule has 6 nitrogen and oxygen atoms in total. The van der Waals surface area contributed by atoms with Gasteiger partial charge in [0.25, 0.3) is 11.8 Å². The molecule has 2 amide bonds. The Morgan fingerprint density at radius 2 is 1.65 bits per heavy atom. The smallest absolute Gasteiger partial charge is 0.254 e. The normalized spacial score (nSPS) is 20.4. The molecule has 1 unspecified atom stereocenters. The van der Waals surface area contributed by atoms with Crippen LogP contribution in [0.25, 0.3) is 0 Å². The molecule has 1 atom stereocenters. The van der Waals surface area contributed by atoms with Gasteiger partial charge in [-0.25, -0.2) is 0 Å². The molecule has 2 aromatic carbocycles. The lowest BCUT2D eigenvalue weighted by atomic mass is 10.1. The van der Waals surface area contributed by atoms with Crippen LogP contribution < -0.4 is 0 Å². The van der Waals surface area contributed by atoms with Gasteiger partial charge < -0.3 is 14.5 Å². The van der Waals surface area contributed by atoms with Crippen LogP contribution >= 0.6 is 11.6 Å². The van der Waals surface area contributed by atoms with E-state index in [4.69, 9.17) is 16.3 Å². The zero-order valence-corrected chi connectivity index (χ0v) is 18.3. The Hall–Kier alpha value is -2.41. The summed E-state index contributed by atoms with van der Waals surface area (Å²) in [6.45, 7) is 5.62. The van der Waals surface area contributed by atoms with Crippen LogP contribution in [0.3, 0.4) is 0 Å². The number of morpholine rings is 1. The van der Waals surface area contributed by atoms with Crippen molar-refractivity contribution in [3.8, 4) is 0 Å². The first-order chi connectivity index (χ1) is 15.1. The maximum absolute atomic E-state index is 12.9. The van der Waals surface area contributed by atoms with Gasteiger partial charge in [-0.3, -0.25) is 14.5 Å². The minimum absolute atomic E-state index is 0.00806. The third kappa shape index (κ3) is 5.64. The summed E-state index contributed by atoms with van der Waals surface area (Å²) in [6.07, 6.45) is 0.893. The molecule has 2 aliphatic heterocycles. The summed E-state index contributed by atoms with van der Waals surface area (Å²) >= 11 is 6.04. The van der Waals surface area contributed by atoms with E-state index in [-0.39, 0.29) is 17.9 Å². The molecule has 2 heterocycles. The second-order valence-electron chi connectivity index (χ2n) is 8.07. The molecule has 7 heteroatoms. The molecule has 2 aromatic rings. The molecule has 0 saturated carbocycles. The number of carbonyl (C=O) groups is 2. The third-order valence-corrected chi connectivity index (χ3v) is 6.09. The van der Waals surface area contributed by atoms with Crippen molar-refractivity contribution < 1.29 is 14.3 Å². The number of ether oxygens (including phenoxy) is 1. The van der Waals surface area contributed by atoms with Crippen molar-refractivity contribution >= 4 is 23.4 Å². The number of nitrogens with zero attached hydrogens (tertiary/aromatic N) is 3. The number of hydrogen-bond acceptors (Lipinski definition) is 4. The van der Waals surface area contributed by atoms with Crippen LogP contribution in [0, 0.1) is 0 Å². The topological polar surface area (TPSA) is 53.1 Å². The predicted molar refractivity (Wildman–Crippen MR) is 120 cm³/mol. The monoisotopic (exact) mass is 441 g/mol. The summed E-state index contributed by atoms with van der Waals surface area (Å²) in [5.74, 6) is 0.0842. The van der Waals surface area contributed by atoms with Crippen molar-refractivity contribution in [3.63, 3.8) is 0 Å². The van der Waals surface area contributed by atoms with E-state index < -0.39 is 0 Å². The van der Waals surface area contributed by atoms with Gasteiger partial charge in [0.15, 0.2) is 0 Å². The van der Waals surface area contributed by atoms with E-state index in [1.54, 1.807) is 24.3 Å². The molecule has 31 heavy (non-hydrogen) atoms. The summed E-state index contributed by atoms with van der Waals surface area (Å²) in [4.78, 5) is 31.7. The van der Waals surface area contributed by atoms with Gasteiger partial charge in [-0.05, 0) is 43.3 Å². The van der Waals surface area contributed by atoms with Crippen molar-refractivity contribution in [2.45, 2.75) is 12.5 Å². The van der Waals surface area contributed by atoms with Crippen LogP contribution in [0.5, 0.6) is 0 Å². The average molecular weight is 442 g/mol. The number of benzene rings is 2. The summed E-state index contributed by atoms with van der Waals surface area (Å²) in [7, 11) is 0. The van der Waals surface area contributed by atoms with E-state index in [1.807, 2.05) is 40.1 Å². The number of hydrogen-bond donors (Lipinski definition) is 0. The van der Waals surface area contributed by atoms with Crippen molar-refractivity contribution in [3.05, 3.63) is 70.7 Å². The average Bonchev–Trinajstić information content (AvgIpc) is 3.04. The summed E-state index contributed by atoms with van der Waals surface area (Å²) in [5, 5.41) is 0.565. The fourth-order valence-corrected chi connectivity index (χ4v) is 4.42. The van der Waals surface area contributed by atoms with Gasteiger partial charge in [0, 0.05) is 55.4 Å². The van der Waals surface area contributed by atoms with E-state index in [1.165, 1.54) is 0 Å². The number of halogens is 1. The van der Waals surface area contributed by atoms with E-state index in [0.29, 0.717) is 36.8 Å². The molecule has 0 spiro atoms. The molecule has 2 fully saturated rings. The van der Waals surface area contributed by atoms with Crippen LogP contribution in [0.4, 0.5) is 0 Å². The van der Waals surface area contributed by atoms with Gasteiger partial charge >= 0.3 is 0 Å². The Morgan fingerprint density at radius 1 is 0.871 bits per heavy atom. The maximum atomic E-state index is 12.9. The van der Waals surface area contributed by atoms with Gasteiger partial charge in [-0.2, -0.15) is 0 Å². The zero-order chi connectivity index (χ0) is 21.6. The Balaban J connectivity index is 1.31. The number of amides is 2. The fourth-order valence-electron chi connectivity index (χ4n) is 4.23. The largest absolute Gasteiger partial charge is 0.373 e. The second-order valence-corrected chi connectivity index (χ2v) is 8.50. The lowest BCUT2D eigenvalue weighted by molar-refractivity contribution is -0.0353. The van der Waals surface area contributed by atoms with Crippen LogP contribution in [0.1, 0.15) is 27.1 Å². The first-order valence-electron chi connectivity index (χ1n) is 10.8. The Kier molecular flexibility index (Phi) is 7.22. The van der Waals surface area contributed by atoms with Crippen LogP contribution in [-0.4, -0.2) is 85.0 Å². The minimum Gasteiger partial charge on any atom is -0.373 e. The van der Waals surface area contributed by atoms with Gasteiger partial charge in [-0.15, -0.1) is 0 Å². The number of carbonyl (C=O) groups excluding carboxylic acids is 2. The predicted octanol–water partition coefficient (Wildman–Crippen LogP) is 3.03. The highest BCUT2D eigenvalue weighted by atomic mass is 35.5. The SMILES string of the molecule is O=C(c1ccccc1)N1CCCN(CC2CN(C(=O)c3cccc(Cl)c3)CCO2)CC1. The molecule has 0 N–H and O–H groups in total. The molecule has 2 saturated heterocycles. The van der Waals surface area contributed by atoms with Gasteiger partial charge in [0.2, 0.25) is 0 Å². The molecule has 164 valence electrons. The first-order valence-corrected chi connectivity index (χ1v) is 11.2. The lowest BCUT2D eigenvalue weighted by Crippen LogP contribution is -2.50.